The molecule has 140 valence electrons. The van der Waals surface area contributed by atoms with Crippen molar-refractivity contribution in [1.29, 1.82) is 0 Å². The van der Waals surface area contributed by atoms with Gasteiger partial charge in [0.25, 0.3) is 0 Å². The highest BCUT2D eigenvalue weighted by molar-refractivity contribution is 7.17. The van der Waals surface area contributed by atoms with Gasteiger partial charge in [-0.25, -0.2) is 9.97 Å². The van der Waals surface area contributed by atoms with Gasteiger partial charge in [-0.05, 0) is 49.1 Å². The van der Waals surface area contributed by atoms with Crippen LogP contribution in [-0.4, -0.2) is 16.5 Å². The first-order chi connectivity index (χ1) is 13.2. The summed E-state index contributed by atoms with van der Waals surface area (Å²) < 4.78 is 0. The zero-order valence-electron chi connectivity index (χ0n) is 16.2. The molecule has 4 heteroatoms. The highest BCUT2D eigenvalue weighted by atomic mass is 32.1. The Balaban J connectivity index is 1.58. The SMILES string of the molecule is CC(C)c1ccc(-c2csc3ncnc(NCCC4=CCCCC4)c23)cc1. The third kappa shape index (κ3) is 4.06. The van der Waals surface area contributed by atoms with Crippen LogP contribution in [0.5, 0.6) is 0 Å². The Labute approximate surface area is 165 Å². The van der Waals surface area contributed by atoms with Gasteiger partial charge in [0.2, 0.25) is 0 Å². The molecule has 0 saturated carbocycles. The van der Waals surface area contributed by atoms with E-state index in [1.54, 1.807) is 23.2 Å². The minimum absolute atomic E-state index is 0.549. The molecule has 1 N–H and O–H groups in total. The van der Waals surface area contributed by atoms with Crippen molar-refractivity contribution in [3.8, 4) is 11.1 Å². The first kappa shape index (κ1) is 18.2. The molecule has 27 heavy (non-hydrogen) atoms. The molecule has 0 atom stereocenters. The third-order valence-corrected chi connectivity index (χ3v) is 6.27. The van der Waals surface area contributed by atoms with Gasteiger partial charge < -0.3 is 5.32 Å². The number of anilines is 1. The standard InChI is InChI=1S/C23H27N3S/c1-16(2)18-8-10-19(11-9-18)20-14-27-23-21(20)22(25-15-26-23)24-13-12-17-6-4-3-5-7-17/h6,8-11,14-16H,3-5,7,12-13H2,1-2H3,(H,24,25,26). The molecule has 3 nitrogen and oxygen atoms in total. The van der Waals surface area contributed by atoms with Crippen LogP contribution in [0, 0.1) is 0 Å². The summed E-state index contributed by atoms with van der Waals surface area (Å²) in [4.78, 5) is 10.1. The fourth-order valence-electron chi connectivity index (χ4n) is 3.74. The first-order valence-corrected chi connectivity index (χ1v) is 10.8. The van der Waals surface area contributed by atoms with E-state index < -0.39 is 0 Å². The van der Waals surface area contributed by atoms with Gasteiger partial charge >= 0.3 is 0 Å². The van der Waals surface area contributed by atoms with Gasteiger partial charge in [-0.15, -0.1) is 11.3 Å². The van der Waals surface area contributed by atoms with Crippen molar-refractivity contribution >= 4 is 27.4 Å². The highest BCUT2D eigenvalue weighted by Crippen LogP contribution is 2.37. The second kappa shape index (κ2) is 8.22. The van der Waals surface area contributed by atoms with Gasteiger partial charge in [0.15, 0.2) is 0 Å². The Morgan fingerprint density at radius 3 is 2.70 bits per heavy atom. The number of thiophene rings is 1. The number of hydrogen-bond acceptors (Lipinski definition) is 4. The van der Waals surface area contributed by atoms with Crippen LogP contribution in [0.1, 0.15) is 57.4 Å². The molecule has 1 aliphatic rings. The summed E-state index contributed by atoms with van der Waals surface area (Å²) in [5, 5.41) is 6.93. The van der Waals surface area contributed by atoms with E-state index in [4.69, 9.17) is 0 Å². The van der Waals surface area contributed by atoms with Crippen molar-refractivity contribution in [2.45, 2.75) is 51.9 Å². The lowest BCUT2D eigenvalue weighted by Crippen LogP contribution is -2.06. The fraction of sp³-hybridized carbons (Fsp3) is 0.391. The highest BCUT2D eigenvalue weighted by Gasteiger charge is 2.13. The summed E-state index contributed by atoms with van der Waals surface area (Å²) >= 11 is 1.69. The molecule has 0 unspecified atom stereocenters. The smallest absolute Gasteiger partial charge is 0.138 e. The zero-order chi connectivity index (χ0) is 18.6. The molecule has 3 aromatic rings. The van der Waals surface area contributed by atoms with Crippen LogP contribution in [0.4, 0.5) is 5.82 Å². The van der Waals surface area contributed by atoms with Crippen molar-refractivity contribution in [1.82, 2.24) is 9.97 Å². The van der Waals surface area contributed by atoms with Gasteiger partial charge in [-0.2, -0.15) is 0 Å². The molecule has 2 aromatic heterocycles. The number of nitrogens with one attached hydrogen (secondary N) is 1. The molecule has 0 aliphatic heterocycles. The number of hydrogen-bond donors (Lipinski definition) is 1. The summed E-state index contributed by atoms with van der Waals surface area (Å²) in [6.07, 6.45) is 10.4. The number of fused-ring (bicyclic) bond motifs is 1. The van der Waals surface area contributed by atoms with E-state index in [-0.39, 0.29) is 0 Å². The molecule has 0 bridgehead atoms. The molecular weight excluding hydrogens is 350 g/mol. The van der Waals surface area contributed by atoms with Crippen molar-refractivity contribution in [2.24, 2.45) is 0 Å². The average Bonchev–Trinajstić information content (AvgIpc) is 3.14. The second-order valence-electron chi connectivity index (χ2n) is 7.61. The molecule has 4 rings (SSSR count). The van der Waals surface area contributed by atoms with Gasteiger partial charge in [-0.1, -0.05) is 49.8 Å². The van der Waals surface area contributed by atoms with Crippen molar-refractivity contribution in [3.63, 3.8) is 0 Å². The minimum atomic E-state index is 0.549. The molecule has 1 aromatic carbocycles. The minimum Gasteiger partial charge on any atom is -0.369 e. The second-order valence-corrected chi connectivity index (χ2v) is 8.47. The topological polar surface area (TPSA) is 37.8 Å². The molecule has 0 spiro atoms. The fourth-order valence-corrected chi connectivity index (χ4v) is 4.66. The van der Waals surface area contributed by atoms with Crippen molar-refractivity contribution < 1.29 is 0 Å². The van der Waals surface area contributed by atoms with Crippen molar-refractivity contribution in [2.75, 3.05) is 11.9 Å². The Morgan fingerprint density at radius 2 is 1.96 bits per heavy atom. The number of rotatable bonds is 6. The molecular formula is C23H27N3S. The monoisotopic (exact) mass is 377 g/mol. The van der Waals surface area contributed by atoms with Crippen LogP contribution in [0.25, 0.3) is 21.3 Å². The maximum absolute atomic E-state index is 4.56. The summed E-state index contributed by atoms with van der Waals surface area (Å²) in [7, 11) is 0. The maximum Gasteiger partial charge on any atom is 0.138 e. The van der Waals surface area contributed by atoms with Crippen LogP contribution in [0.15, 0.2) is 47.6 Å². The van der Waals surface area contributed by atoms with Crippen molar-refractivity contribution in [3.05, 3.63) is 53.2 Å². The summed E-state index contributed by atoms with van der Waals surface area (Å²) in [5.41, 5.74) is 5.42. The Morgan fingerprint density at radius 1 is 1.11 bits per heavy atom. The van der Waals surface area contributed by atoms with Crippen LogP contribution in [0.3, 0.4) is 0 Å². The number of allylic oxidation sites excluding steroid dienone is 1. The largest absolute Gasteiger partial charge is 0.369 e. The van der Waals surface area contributed by atoms with Gasteiger partial charge in [0, 0.05) is 17.5 Å². The van der Waals surface area contributed by atoms with E-state index in [1.807, 2.05) is 0 Å². The van der Waals surface area contributed by atoms with Gasteiger partial charge in [0.1, 0.15) is 17.0 Å². The Hall–Kier alpha value is -2.20. The van der Waals surface area contributed by atoms with E-state index in [9.17, 15) is 0 Å². The number of benzene rings is 1. The zero-order valence-corrected chi connectivity index (χ0v) is 17.0. The molecule has 0 saturated heterocycles. The molecule has 0 fully saturated rings. The van der Waals surface area contributed by atoms with Crippen LogP contribution >= 0.6 is 11.3 Å². The summed E-state index contributed by atoms with van der Waals surface area (Å²) in [6, 6.07) is 8.91. The molecule has 1 aliphatic carbocycles. The normalized spacial score (nSPS) is 14.6. The predicted octanol–water partition coefficient (Wildman–Crippen LogP) is 6.78. The predicted molar refractivity (Wildman–Crippen MR) is 117 cm³/mol. The summed E-state index contributed by atoms with van der Waals surface area (Å²) in [6.45, 7) is 5.39. The van der Waals surface area contributed by atoms with E-state index in [1.165, 1.54) is 42.4 Å². The van der Waals surface area contributed by atoms with Crippen LogP contribution < -0.4 is 5.32 Å². The average molecular weight is 378 g/mol. The number of nitrogens with zero attached hydrogens (tertiary/aromatic N) is 2. The lowest BCUT2D eigenvalue weighted by molar-refractivity contribution is 0.679. The molecule has 0 radical (unpaired) electrons. The summed E-state index contributed by atoms with van der Waals surface area (Å²) in [5.74, 6) is 1.51. The Kier molecular flexibility index (Phi) is 5.53. The quantitative estimate of drug-likeness (QED) is 0.481. The molecule has 2 heterocycles. The van der Waals surface area contributed by atoms with E-state index >= 15 is 0 Å². The lowest BCUT2D eigenvalue weighted by atomic mass is 9.97. The number of aromatic nitrogens is 2. The van der Waals surface area contributed by atoms with Crippen LogP contribution in [0.2, 0.25) is 0 Å². The van der Waals surface area contributed by atoms with E-state index in [0.29, 0.717) is 5.92 Å². The van der Waals surface area contributed by atoms with E-state index in [2.05, 4.69) is 64.9 Å². The maximum atomic E-state index is 4.56. The van der Waals surface area contributed by atoms with Crippen LogP contribution in [-0.2, 0) is 0 Å². The van der Waals surface area contributed by atoms with Gasteiger partial charge in [-0.3, -0.25) is 0 Å². The Bertz CT molecular complexity index is 938. The molecule has 0 amide bonds. The lowest BCUT2D eigenvalue weighted by Gasteiger charge is -2.14. The third-order valence-electron chi connectivity index (χ3n) is 5.38. The van der Waals surface area contributed by atoms with Gasteiger partial charge in [0.05, 0.1) is 5.39 Å². The first-order valence-electron chi connectivity index (χ1n) is 9.96. The van der Waals surface area contributed by atoms with E-state index in [0.717, 1.165) is 29.0 Å².